The van der Waals surface area contributed by atoms with Crippen LogP contribution in [0.25, 0.3) is 0 Å². The lowest BCUT2D eigenvalue weighted by atomic mass is 9.98. The Morgan fingerprint density at radius 1 is 1.45 bits per heavy atom. The number of ether oxygens (including phenoxy) is 1. The van der Waals surface area contributed by atoms with Crippen LogP contribution in [-0.4, -0.2) is 51.1 Å². The fourth-order valence-electron chi connectivity index (χ4n) is 2.78. The van der Waals surface area contributed by atoms with Gasteiger partial charge in [-0.2, -0.15) is 0 Å². The van der Waals surface area contributed by atoms with E-state index in [9.17, 15) is 4.79 Å². The van der Waals surface area contributed by atoms with Crippen LogP contribution in [0.4, 0.5) is 5.69 Å². The van der Waals surface area contributed by atoms with Gasteiger partial charge in [0.25, 0.3) is 0 Å². The van der Waals surface area contributed by atoms with E-state index in [2.05, 4.69) is 15.5 Å². The number of benzene rings is 1. The largest absolute Gasteiger partial charge is 0.495 e. The maximum Gasteiger partial charge on any atom is 0.238 e. The molecule has 1 aliphatic heterocycles. The van der Waals surface area contributed by atoms with Gasteiger partial charge in [-0.1, -0.05) is 11.6 Å². The van der Waals surface area contributed by atoms with Crippen LogP contribution in [0, 0.1) is 5.92 Å². The molecule has 0 saturated carbocycles. The van der Waals surface area contributed by atoms with Crippen molar-refractivity contribution in [3.8, 4) is 5.75 Å². The molecule has 1 amide bonds. The van der Waals surface area contributed by atoms with Crippen LogP contribution in [0.1, 0.15) is 12.8 Å². The first-order valence-electron chi connectivity index (χ1n) is 7.61. The van der Waals surface area contributed by atoms with Crippen molar-refractivity contribution in [2.45, 2.75) is 12.8 Å². The third kappa shape index (κ3) is 5.16. The molecule has 1 saturated heterocycles. The first kappa shape index (κ1) is 17.1. The monoisotopic (exact) mass is 325 g/mol. The van der Waals surface area contributed by atoms with E-state index in [0.29, 0.717) is 28.9 Å². The van der Waals surface area contributed by atoms with E-state index in [-0.39, 0.29) is 5.91 Å². The molecule has 0 aromatic heterocycles. The van der Waals surface area contributed by atoms with Crippen LogP contribution in [0.5, 0.6) is 5.75 Å². The number of nitrogens with zero attached hydrogens (tertiary/aromatic N) is 1. The van der Waals surface area contributed by atoms with Crippen molar-refractivity contribution in [2.75, 3.05) is 45.7 Å². The van der Waals surface area contributed by atoms with Crippen molar-refractivity contribution < 1.29 is 9.53 Å². The number of piperidine rings is 1. The topological polar surface area (TPSA) is 53.6 Å². The van der Waals surface area contributed by atoms with Gasteiger partial charge < -0.3 is 15.4 Å². The summed E-state index contributed by atoms with van der Waals surface area (Å²) in [7, 11) is 3.55. The minimum atomic E-state index is -0.0583. The molecule has 22 heavy (non-hydrogen) atoms. The average molecular weight is 326 g/mol. The average Bonchev–Trinajstić information content (AvgIpc) is 2.48. The lowest BCUT2D eigenvalue weighted by Gasteiger charge is -2.27. The second kappa shape index (κ2) is 8.36. The first-order chi connectivity index (χ1) is 10.6. The minimum absolute atomic E-state index is 0.0583. The third-order valence-electron chi connectivity index (χ3n) is 3.88. The van der Waals surface area contributed by atoms with Crippen LogP contribution < -0.4 is 15.4 Å². The summed E-state index contributed by atoms with van der Waals surface area (Å²) in [4.78, 5) is 14.3. The van der Waals surface area contributed by atoms with Crippen LogP contribution in [0.15, 0.2) is 18.2 Å². The SMILES string of the molecule is COc1ccc(Cl)cc1NC(=O)CN(C)CC1CCNCC1. The predicted octanol–water partition coefficient (Wildman–Crippen LogP) is 2.22. The summed E-state index contributed by atoms with van der Waals surface area (Å²) >= 11 is 5.97. The van der Waals surface area contributed by atoms with Gasteiger partial charge in [0.05, 0.1) is 19.3 Å². The van der Waals surface area contributed by atoms with Gasteiger partial charge in [-0.05, 0) is 57.1 Å². The molecular weight excluding hydrogens is 302 g/mol. The van der Waals surface area contributed by atoms with Crippen molar-refractivity contribution in [3.63, 3.8) is 0 Å². The first-order valence-corrected chi connectivity index (χ1v) is 7.99. The molecule has 0 spiro atoms. The Balaban J connectivity index is 1.85. The maximum atomic E-state index is 12.2. The Labute approximate surface area is 137 Å². The van der Waals surface area contributed by atoms with E-state index in [4.69, 9.17) is 16.3 Å². The fraction of sp³-hybridized carbons (Fsp3) is 0.562. The van der Waals surface area contributed by atoms with Gasteiger partial charge in [0, 0.05) is 11.6 Å². The molecule has 1 aromatic rings. The van der Waals surface area contributed by atoms with Gasteiger partial charge in [0.2, 0.25) is 5.91 Å². The normalized spacial score (nSPS) is 15.8. The van der Waals surface area contributed by atoms with E-state index in [1.807, 2.05) is 7.05 Å². The zero-order valence-corrected chi connectivity index (χ0v) is 13.9. The highest BCUT2D eigenvalue weighted by Gasteiger charge is 2.17. The molecule has 0 bridgehead atoms. The van der Waals surface area contributed by atoms with E-state index in [1.54, 1.807) is 25.3 Å². The molecule has 1 aromatic carbocycles. The van der Waals surface area contributed by atoms with Crippen molar-refractivity contribution in [3.05, 3.63) is 23.2 Å². The number of hydrogen-bond donors (Lipinski definition) is 2. The quantitative estimate of drug-likeness (QED) is 0.842. The van der Waals surface area contributed by atoms with Crippen molar-refractivity contribution in [1.82, 2.24) is 10.2 Å². The second-order valence-corrected chi connectivity index (χ2v) is 6.22. The summed E-state index contributed by atoms with van der Waals surface area (Å²) < 4.78 is 5.23. The van der Waals surface area contributed by atoms with E-state index in [1.165, 1.54) is 12.8 Å². The Kier molecular flexibility index (Phi) is 6.49. The Morgan fingerprint density at radius 2 is 2.18 bits per heavy atom. The highest BCUT2D eigenvalue weighted by atomic mass is 35.5. The molecule has 0 atom stereocenters. The lowest BCUT2D eigenvalue weighted by molar-refractivity contribution is -0.117. The number of carbonyl (C=O) groups excluding carboxylic acids is 1. The van der Waals surface area contributed by atoms with Gasteiger partial charge >= 0.3 is 0 Å². The van der Waals surface area contributed by atoms with Gasteiger partial charge in [-0.15, -0.1) is 0 Å². The molecule has 5 nitrogen and oxygen atoms in total. The zero-order valence-electron chi connectivity index (χ0n) is 13.2. The molecule has 0 unspecified atom stereocenters. The predicted molar refractivity (Wildman–Crippen MR) is 89.7 cm³/mol. The Bertz CT molecular complexity index is 504. The number of likely N-dealkylation sites (N-methyl/N-ethyl adjacent to an activating group) is 1. The maximum absolute atomic E-state index is 12.2. The molecule has 1 fully saturated rings. The van der Waals surface area contributed by atoms with Crippen LogP contribution >= 0.6 is 11.6 Å². The van der Waals surface area contributed by atoms with Crippen molar-refractivity contribution >= 4 is 23.2 Å². The standard InChI is InChI=1S/C16H24ClN3O2/c1-20(10-12-5-7-18-8-6-12)11-16(21)19-14-9-13(17)3-4-15(14)22-2/h3-4,9,12,18H,5-8,10-11H2,1-2H3,(H,19,21). The fourth-order valence-corrected chi connectivity index (χ4v) is 2.95. The molecule has 2 rings (SSSR count). The lowest BCUT2D eigenvalue weighted by Crippen LogP contribution is -2.37. The highest BCUT2D eigenvalue weighted by Crippen LogP contribution is 2.27. The number of rotatable bonds is 6. The number of methoxy groups -OCH3 is 1. The van der Waals surface area contributed by atoms with Crippen LogP contribution in [0.2, 0.25) is 5.02 Å². The molecule has 1 aliphatic rings. The summed E-state index contributed by atoms with van der Waals surface area (Å²) in [6, 6.07) is 5.18. The van der Waals surface area contributed by atoms with Crippen molar-refractivity contribution in [2.24, 2.45) is 5.92 Å². The number of amides is 1. The number of halogens is 1. The summed E-state index contributed by atoms with van der Waals surface area (Å²) in [5.74, 6) is 1.22. The van der Waals surface area contributed by atoms with Gasteiger partial charge in [0.15, 0.2) is 0 Å². The molecule has 0 radical (unpaired) electrons. The van der Waals surface area contributed by atoms with E-state index in [0.717, 1.165) is 19.6 Å². The molecule has 6 heteroatoms. The van der Waals surface area contributed by atoms with Crippen molar-refractivity contribution in [1.29, 1.82) is 0 Å². The Hall–Kier alpha value is -1.30. The number of carbonyl (C=O) groups is 1. The number of anilines is 1. The minimum Gasteiger partial charge on any atom is -0.495 e. The molecule has 1 heterocycles. The Morgan fingerprint density at radius 3 is 2.86 bits per heavy atom. The van der Waals surface area contributed by atoms with Gasteiger partial charge in [-0.25, -0.2) is 0 Å². The molecule has 2 N–H and O–H groups in total. The van der Waals surface area contributed by atoms with Gasteiger partial charge in [0.1, 0.15) is 5.75 Å². The molecular formula is C16H24ClN3O2. The smallest absolute Gasteiger partial charge is 0.238 e. The summed E-state index contributed by atoms with van der Waals surface area (Å²) in [6.45, 7) is 3.45. The van der Waals surface area contributed by atoms with Crippen LogP contribution in [-0.2, 0) is 4.79 Å². The highest BCUT2D eigenvalue weighted by molar-refractivity contribution is 6.31. The van der Waals surface area contributed by atoms with E-state index < -0.39 is 0 Å². The van der Waals surface area contributed by atoms with Crippen LogP contribution in [0.3, 0.4) is 0 Å². The number of hydrogen-bond acceptors (Lipinski definition) is 4. The second-order valence-electron chi connectivity index (χ2n) is 5.78. The summed E-state index contributed by atoms with van der Waals surface area (Å²) in [6.07, 6.45) is 2.35. The summed E-state index contributed by atoms with van der Waals surface area (Å²) in [5, 5.41) is 6.79. The van der Waals surface area contributed by atoms with E-state index >= 15 is 0 Å². The molecule has 122 valence electrons. The zero-order chi connectivity index (χ0) is 15.9. The summed E-state index contributed by atoms with van der Waals surface area (Å²) in [5.41, 5.74) is 0.607. The number of nitrogens with one attached hydrogen (secondary N) is 2. The molecule has 0 aliphatic carbocycles. The van der Waals surface area contributed by atoms with Gasteiger partial charge in [-0.3, -0.25) is 9.69 Å². The third-order valence-corrected chi connectivity index (χ3v) is 4.11.